The summed E-state index contributed by atoms with van der Waals surface area (Å²) in [7, 11) is 0. The lowest BCUT2D eigenvalue weighted by molar-refractivity contribution is -0.115. The van der Waals surface area contributed by atoms with Gasteiger partial charge in [0.2, 0.25) is 5.91 Å². The van der Waals surface area contributed by atoms with Gasteiger partial charge in [0.15, 0.2) is 0 Å². The van der Waals surface area contributed by atoms with Crippen LogP contribution in [0.1, 0.15) is 37.3 Å². The molecular formula is C21H27N3O. The number of nitrogen functional groups attached to an aromatic ring is 1. The number of amides is 1. The van der Waals surface area contributed by atoms with E-state index >= 15 is 0 Å². The molecule has 1 amide bonds. The van der Waals surface area contributed by atoms with Crippen molar-refractivity contribution in [1.29, 1.82) is 0 Å². The van der Waals surface area contributed by atoms with Gasteiger partial charge in [0, 0.05) is 24.0 Å². The third-order valence-corrected chi connectivity index (χ3v) is 4.91. The van der Waals surface area contributed by atoms with Crippen LogP contribution >= 0.6 is 0 Å². The number of nitrogens with one attached hydrogen (secondary N) is 1. The number of anilines is 2. The van der Waals surface area contributed by atoms with Gasteiger partial charge in [0.1, 0.15) is 0 Å². The predicted molar refractivity (Wildman–Crippen MR) is 103 cm³/mol. The van der Waals surface area contributed by atoms with E-state index in [4.69, 9.17) is 5.73 Å². The fourth-order valence-corrected chi connectivity index (χ4v) is 3.35. The lowest BCUT2D eigenvalue weighted by atomic mass is 10.0. The van der Waals surface area contributed by atoms with Crippen LogP contribution in [0.4, 0.5) is 11.4 Å². The summed E-state index contributed by atoms with van der Waals surface area (Å²) in [5, 5.41) is 2.96. The number of carbonyl (C=O) groups excluding carboxylic acids is 1. The van der Waals surface area contributed by atoms with Crippen molar-refractivity contribution in [2.45, 2.75) is 45.2 Å². The highest BCUT2D eigenvalue weighted by atomic mass is 16.1. The van der Waals surface area contributed by atoms with Crippen LogP contribution < -0.4 is 11.1 Å². The third kappa shape index (κ3) is 5.07. The predicted octanol–water partition coefficient (Wildman–Crippen LogP) is 3.82. The van der Waals surface area contributed by atoms with E-state index in [0.717, 1.165) is 17.8 Å². The second-order valence-electron chi connectivity index (χ2n) is 6.98. The van der Waals surface area contributed by atoms with Crippen LogP contribution in [0.15, 0.2) is 48.5 Å². The first-order valence-corrected chi connectivity index (χ1v) is 9.07. The molecule has 0 radical (unpaired) electrons. The summed E-state index contributed by atoms with van der Waals surface area (Å²) in [6.45, 7) is 4.48. The Morgan fingerprint density at radius 2 is 1.76 bits per heavy atom. The molecule has 1 fully saturated rings. The summed E-state index contributed by atoms with van der Waals surface area (Å²) in [5.41, 5.74) is 9.48. The van der Waals surface area contributed by atoms with E-state index in [9.17, 15) is 4.79 Å². The molecule has 0 saturated carbocycles. The smallest absolute Gasteiger partial charge is 0.228 e. The highest BCUT2D eigenvalue weighted by Gasteiger charge is 2.17. The van der Waals surface area contributed by atoms with E-state index in [2.05, 4.69) is 29.3 Å². The van der Waals surface area contributed by atoms with E-state index < -0.39 is 0 Å². The van der Waals surface area contributed by atoms with Crippen molar-refractivity contribution >= 4 is 17.3 Å². The lowest BCUT2D eigenvalue weighted by Gasteiger charge is -2.33. The fourth-order valence-electron chi connectivity index (χ4n) is 3.35. The Bertz CT molecular complexity index is 694. The van der Waals surface area contributed by atoms with E-state index in [0.29, 0.717) is 18.2 Å². The Balaban J connectivity index is 1.53. The van der Waals surface area contributed by atoms with Crippen molar-refractivity contribution in [2.24, 2.45) is 0 Å². The second kappa shape index (κ2) is 8.17. The van der Waals surface area contributed by atoms with E-state index in [1.165, 1.54) is 31.4 Å². The van der Waals surface area contributed by atoms with Crippen LogP contribution in [-0.4, -0.2) is 23.4 Å². The molecule has 4 heteroatoms. The third-order valence-electron chi connectivity index (χ3n) is 4.91. The molecule has 1 aliphatic heterocycles. The van der Waals surface area contributed by atoms with Gasteiger partial charge in [-0.05, 0) is 61.7 Å². The molecule has 0 aromatic heterocycles. The Hall–Kier alpha value is -2.33. The number of benzene rings is 2. The monoisotopic (exact) mass is 337 g/mol. The Morgan fingerprint density at radius 1 is 1.08 bits per heavy atom. The molecule has 4 nitrogen and oxygen atoms in total. The molecule has 1 heterocycles. The molecule has 3 N–H and O–H groups in total. The molecule has 132 valence electrons. The maximum atomic E-state index is 12.2. The Morgan fingerprint density at radius 3 is 2.44 bits per heavy atom. The summed E-state index contributed by atoms with van der Waals surface area (Å²) < 4.78 is 0. The molecule has 25 heavy (non-hydrogen) atoms. The molecule has 1 atom stereocenters. The summed E-state index contributed by atoms with van der Waals surface area (Å²) in [6.07, 6.45) is 4.28. The molecule has 0 aliphatic carbocycles. The summed E-state index contributed by atoms with van der Waals surface area (Å²) in [5.74, 6) is -0.0119. The zero-order chi connectivity index (χ0) is 17.6. The highest BCUT2D eigenvalue weighted by Crippen LogP contribution is 2.20. The number of likely N-dealkylation sites (tertiary alicyclic amines) is 1. The number of hydrogen-bond donors (Lipinski definition) is 2. The van der Waals surface area contributed by atoms with Gasteiger partial charge in [0.05, 0.1) is 6.42 Å². The largest absolute Gasteiger partial charge is 0.399 e. The van der Waals surface area contributed by atoms with Crippen molar-refractivity contribution in [3.63, 3.8) is 0 Å². The minimum Gasteiger partial charge on any atom is -0.399 e. The van der Waals surface area contributed by atoms with Crippen LogP contribution in [0.25, 0.3) is 0 Å². The molecule has 0 bridgehead atoms. The average molecular weight is 337 g/mol. The van der Waals surface area contributed by atoms with Crippen LogP contribution in [0.5, 0.6) is 0 Å². The maximum Gasteiger partial charge on any atom is 0.228 e. The standard InChI is InChI=1S/C21H27N3O/c1-16-4-2-3-13-24(16)15-18-7-11-20(12-8-18)23-21(25)14-17-5-9-19(22)10-6-17/h5-12,16H,2-4,13-15,22H2,1H3,(H,23,25). The zero-order valence-electron chi connectivity index (χ0n) is 14.9. The molecule has 2 aromatic carbocycles. The molecule has 1 unspecified atom stereocenters. The van der Waals surface area contributed by atoms with Crippen LogP contribution in [0.2, 0.25) is 0 Å². The normalized spacial score (nSPS) is 18.0. The van der Waals surface area contributed by atoms with E-state index in [1.807, 2.05) is 36.4 Å². The summed E-state index contributed by atoms with van der Waals surface area (Å²) in [4.78, 5) is 14.7. The van der Waals surface area contributed by atoms with Gasteiger partial charge in [-0.3, -0.25) is 9.69 Å². The van der Waals surface area contributed by atoms with Gasteiger partial charge in [-0.2, -0.15) is 0 Å². The highest BCUT2D eigenvalue weighted by molar-refractivity contribution is 5.92. The molecule has 2 aromatic rings. The van der Waals surface area contributed by atoms with Crippen molar-refractivity contribution < 1.29 is 4.79 Å². The van der Waals surface area contributed by atoms with Gasteiger partial charge >= 0.3 is 0 Å². The fraction of sp³-hybridized carbons (Fsp3) is 0.381. The molecule has 0 spiro atoms. The lowest BCUT2D eigenvalue weighted by Crippen LogP contribution is -2.36. The second-order valence-corrected chi connectivity index (χ2v) is 6.98. The Kier molecular flexibility index (Phi) is 5.71. The number of piperidine rings is 1. The first kappa shape index (κ1) is 17.5. The van der Waals surface area contributed by atoms with E-state index in [1.54, 1.807) is 0 Å². The van der Waals surface area contributed by atoms with Gasteiger partial charge in [-0.1, -0.05) is 30.7 Å². The van der Waals surface area contributed by atoms with Gasteiger partial charge in [0.25, 0.3) is 0 Å². The van der Waals surface area contributed by atoms with Crippen LogP contribution in [-0.2, 0) is 17.8 Å². The number of nitrogens with zero attached hydrogens (tertiary/aromatic N) is 1. The first-order chi connectivity index (χ1) is 12.1. The minimum absolute atomic E-state index is 0.0119. The van der Waals surface area contributed by atoms with E-state index in [-0.39, 0.29) is 5.91 Å². The molecule has 3 rings (SSSR count). The quantitative estimate of drug-likeness (QED) is 0.815. The van der Waals surface area contributed by atoms with Gasteiger partial charge < -0.3 is 11.1 Å². The number of rotatable bonds is 5. The first-order valence-electron chi connectivity index (χ1n) is 9.07. The summed E-state index contributed by atoms with van der Waals surface area (Å²) >= 11 is 0. The SMILES string of the molecule is CC1CCCCN1Cc1ccc(NC(=O)Cc2ccc(N)cc2)cc1. The van der Waals surface area contributed by atoms with Crippen LogP contribution in [0, 0.1) is 0 Å². The van der Waals surface area contributed by atoms with Crippen molar-refractivity contribution in [3.8, 4) is 0 Å². The van der Waals surface area contributed by atoms with Crippen LogP contribution in [0.3, 0.4) is 0 Å². The average Bonchev–Trinajstić information content (AvgIpc) is 2.61. The summed E-state index contributed by atoms with van der Waals surface area (Å²) in [6, 6.07) is 16.3. The number of carbonyl (C=O) groups is 1. The molecule has 1 saturated heterocycles. The molecular weight excluding hydrogens is 310 g/mol. The van der Waals surface area contributed by atoms with Crippen molar-refractivity contribution in [1.82, 2.24) is 4.90 Å². The maximum absolute atomic E-state index is 12.2. The topological polar surface area (TPSA) is 58.4 Å². The minimum atomic E-state index is -0.0119. The Labute approximate surface area is 150 Å². The number of nitrogens with two attached hydrogens (primary N) is 1. The van der Waals surface area contributed by atoms with Gasteiger partial charge in [-0.15, -0.1) is 0 Å². The zero-order valence-corrected chi connectivity index (χ0v) is 14.9. The van der Waals surface area contributed by atoms with Crippen molar-refractivity contribution in [3.05, 3.63) is 59.7 Å². The van der Waals surface area contributed by atoms with Gasteiger partial charge in [-0.25, -0.2) is 0 Å². The number of hydrogen-bond acceptors (Lipinski definition) is 3. The molecule has 1 aliphatic rings. The van der Waals surface area contributed by atoms with Crippen molar-refractivity contribution in [2.75, 3.05) is 17.6 Å².